The summed E-state index contributed by atoms with van der Waals surface area (Å²) in [7, 11) is 0. The lowest BCUT2D eigenvalue weighted by molar-refractivity contribution is 0.0663. The lowest BCUT2D eigenvalue weighted by Gasteiger charge is -2.25. The highest BCUT2D eigenvalue weighted by Gasteiger charge is 2.21. The van der Waals surface area contributed by atoms with Crippen molar-refractivity contribution in [3.8, 4) is 0 Å². The lowest BCUT2D eigenvalue weighted by Crippen LogP contribution is -2.37. The number of aliphatic hydroxyl groups is 1. The zero-order valence-electron chi connectivity index (χ0n) is 11.8. The average molecular weight is 276 g/mol. The Morgan fingerprint density at radius 2 is 2.15 bits per heavy atom. The molecular formula is C15H20N2O3. The maximum atomic E-state index is 12.5. The summed E-state index contributed by atoms with van der Waals surface area (Å²) >= 11 is 0. The highest BCUT2D eigenvalue weighted by Crippen LogP contribution is 2.23. The van der Waals surface area contributed by atoms with Gasteiger partial charge < -0.3 is 20.2 Å². The van der Waals surface area contributed by atoms with Crippen LogP contribution in [0.3, 0.4) is 0 Å². The van der Waals surface area contributed by atoms with Gasteiger partial charge in [-0.15, -0.1) is 0 Å². The Bertz CT molecular complexity index is 604. The third kappa shape index (κ3) is 2.93. The maximum Gasteiger partial charge on any atom is 0.289 e. The zero-order chi connectivity index (χ0) is 14.7. The Labute approximate surface area is 118 Å². The van der Waals surface area contributed by atoms with Crippen molar-refractivity contribution in [1.82, 2.24) is 4.90 Å². The molecule has 0 saturated carbocycles. The smallest absolute Gasteiger partial charge is 0.289 e. The molecule has 0 aliphatic heterocycles. The SMILES string of the molecule is CC(C)N(CCCO)C(=O)c1cc2cc(N)ccc2o1. The second-order valence-electron chi connectivity index (χ2n) is 5.08. The van der Waals surface area contributed by atoms with Gasteiger partial charge in [-0.25, -0.2) is 0 Å². The molecule has 0 unspecified atom stereocenters. The van der Waals surface area contributed by atoms with Gasteiger partial charge in [0.2, 0.25) is 0 Å². The summed E-state index contributed by atoms with van der Waals surface area (Å²) in [5.74, 6) is 0.139. The molecule has 20 heavy (non-hydrogen) atoms. The standard InChI is InChI=1S/C15H20N2O3/c1-10(2)17(6-3-7-18)15(19)14-9-11-8-12(16)4-5-13(11)20-14/h4-5,8-10,18H,3,6-7,16H2,1-2H3. The number of fused-ring (bicyclic) bond motifs is 1. The van der Waals surface area contributed by atoms with Crippen LogP contribution in [0.1, 0.15) is 30.8 Å². The van der Waals surface area contributed by atoms with Crippen molar-refractivity contribution in [2.45, 2.75) is 26.3 Å². The Kier molecular flexibility index (Phi) is 4.29. The van der Waals surface area contributed by atoms with Crippen LogP contribution in [-0.2, 0) is 0 Å². The van der Waals surface area contributed by atoms with Crippen LogP contribution in [0.15, 0.2) is 28.7 Å². The van der Waals surface area contributed by atoms with Crippen LogP contribution >= 0.6 is 0 Å². The Morgan fingerprint density at radius 3 is 2.80 bits per heavy atom. The molecule has 1 aromatic heterocycles. The maximum absolute atomic E-state index is 12.5. The molecule has 2 rings (SSSR count). The second-order valence-corrected chi connectivity index (χ2v) is 5.08. The number of nitrogen functional groups attached to an aromatic ring is 1. The van der Waals surface area contributed by atoms with E-state index >= 15 is 0 Å². The number of anilines is 1. The number of rotatable bonds is 5. The quantitative estimate of drug-likeness (QED) is 0.821. The number of hydrogen-bond donors (Lipinski definition) is 2. The molecule has 0 aliphatic rings. The number of furan rings is 1. The van der Waals surface area contributed by atoms with E-state index in [1.54, 1.807) is 29.2 Å². The molecule has 1 aromatic carbocycles. The normalized spacial score (nSPS) is 11.2. The summed E-state index contributed by atoms with van der Waals surface area (Å²) in [4.78, 5) is 14.2. The summed E-state index contributed by atoms with van der Waals surface area (Å²) in [5.41, 5.74) is 7.00. The van der Waals surface area contributed by atoms with Gasteiger partial charge in [0.05, 0.1) is 0 Å². The summed E-state index contributed by atoms with van der Waals surface area (Å²) in [6.07, 6.45) is 0.553. The number of nitrogens with two attached hydrogens (primary N) is 1. The van der Waals surface area contributed by atoms with Crippen LogP contribution in [0.4, 0.5) is 5.69 Å². The highest BCUT2D eigenvalue weighted by atomic mass is 16.3. The molecular weight excluding hydrogens is 256 g/mol. The van der Waals surface area contributed by atoms with E-state index in [9.17, 15) is 4.79 Å². The Balaban J connectivity index is 2.28. The largest absolute Gasteiger partial charge is 0.451 e. The fourth-order valence-corrected chi connectivity index (χ4v) is 2.14. The predicted molar refractivity (Wildman–Crippen MR) is 78.5 cm³/mol. The van der Waals surface area contributed by atoms with Gasteiger partial charge in [-0.05, 0) is 44.5 Å². The van der Waals surface area contributed by atoms with Crippen LogP contribution in [0.2, 0.25) is 0 Å². The summed E-state index contributed by atoms with van der Waals surface area (Å²) in [6, 6.07) is 7.04. The van der Waals surface area contributed by atoms with Gasteiger partial charge in [-0.1, -0.05) is 0 Å². The highest BCUT2D eigenvalue weighted by molar-refractivity contribution is 5.96. The minimum absolute atomic E-state index is 0.0485. The molecule has 0 saturated heterocycles. The first-order valence-corrected chi connectivity index (χ1v) is 6.74. The van der Waals surface area contributed by atoms with Crippen molar-refractivity contribution in [3.63, 3.8) is 0 Å². The number of carbonyl (C=O) groups excluding carboxylic acids is 1. The van der Waals surface area contributed by atoms with Crippen LogP contribution in [0.5, 0.6) is 0 Å². The van der Waals surface area contributed by atoms with Gasteiger partial charge in [-0.3, -0.25) is 4.79 Å². The van der Waals surface area contributed by atoms with Crippen molar-refractivity contribution in [2.75, 3.05) is 18.9 Å². The Hall–Kier alpha value is -2.01. The molecule has 0 atom stereocenters. The number of nitrogens with zero attached hydrogens (tertiary/aromatic N) is 1. The average Bonchev–Trinajstić information content (AvgIpc) is 2.81. The summed E-state index contributed by atoms with van der Waals surface area (Å²) in [6.45, 7) is 4.45. The van der Waals surface area contributed by atoms with E-state index in [4.69, 9.17) is 15.3 Å². The van der Waals surface area contributed by atoms with Crippen LogP contribution in [0.25, 0.3) is 11.0 Å². The van der Waals surface area contributed by atoms with Crippen molar-refractivity contribution >= 4 is 22.6 Å². The van der Waals surface area contributed by atoms with E-state index < -0.39 is 0 Å². The molecule has 0 radical (unpaired) electrons. The number of hydrogen-bond acceptors (Lipinski definition) is 4. The number of aliphatic hydroxyl groups excluding tert-OH is 1. The zero-order valence-corrected chi connectivity index (χ0v) is 11.8. The topological polar surface area (TPSA) is 79.7 Å². The third-order valence-corrected chi connectivity index (χ3v) is 3.19. The summed E-state index contributed by atoms with van der Waals surface area (Å²) in [5, 5.41) is 9.74. The van der Waals surface area contributed by atoms with Gasteiger partial charge in [0, 0.05) is 30.3 Å². The van der Waals surface area contributed by atoms with E-state index in [2.05, 4.69) is 0 Å². The van der Waals surface area contributed by atoms with Gasteiger partial charge in [0.15, 0.2) is 5.76 Å². The first kappa shape index (κ1) is 14.4. The van der Waals surface area contributed by atoms with Crippen molar-refractivity contribution in [1.29, 1.82) is 0 Å². The van der Waals surface area contributed by atoms with Gasteiger partial charge in [-0.2, -0.15) is 0 Å². The molecule has 0 fully saturated rings. The minimum atomic E-state index is -0.164. The van der Waals surface area contributed by atoms with Crippen molar-refractivity contribution in [2.24, 2.45) is 0 Å². The monoisotopic (exact) mass is 276 g/mol. The first-order chi connectivity index (χ1) is 9.52. The number of benzene rings is 1. The number of carbonyl (C=O) groups is 1. The molecule has 3 N–H and O–H groups in total. The fourth-order valence-electron chi connectivity index (χ4n) is 2.14. The van der Waals surface area contributed by atoms with E-state index in [1.165, 1.54) is 0 Å². The molecule has 108 valence electrons. The molecule has 0 bridgehead atoms. The van der Waals surface area contributed by atoms with E-state index in [1.807, 2.05) is 13.8 Å². The molecule has 5 heteroatoms. The molecule has 5 nitrogen and oxygen atoms in total. The minimum Gasteiger partial charge on any atom is -0.451 e. The van der Waals surface area contributed by atoms with E-state index in [0.29, 0.717) is 30.0 Å². The lowest BCUT2D eigenvalue weighted by atomic mass is 10.2. The van der Waals surface area contributed by atoms with Gasteiger partial charge >= 0.3 is 0 Å². The number of amides is 1. The second kappa shape index (κ2) is 5.96. The van der Waals surface area contributed by atoms with Gasteiger partial charge in [0.25, 0.3) is 5.91 Å². The van der Waals surface area contributed by atoms with Crippen molar-refractivity contribution < 1.29 is 14.3 Å². The summed E-state index contributed by atoms with van der Waals surface area (Å²) < 4.78 is 5.59. The molecule has 1 amide bonds. The van der Waals surface area contributed by atoms with Crippen LogP contribution in [-0.4, -0.2) is 35.1 Å². The molecule has 0 spiro atoms. The van der Waals surface area contributed by atoms with Gasteiger partial charge in [0.1, 0.15) is 5.58 Å². The fraction of sp³-hybridized carbons (Fsp3) is 0.400. The first-order valence-electron chi connectivity index (χ1n) is 6.74. The van der Waals surface area contributed by atoms with Crippen LogP contribution in [0, 0.1) is 0 Å². The van der Waals surface area contributed by atoms with Crippen LogP contribution < -0.4 is 5.73 Å². The molecule has 2 aromatic rings. The predicted octanol–water partition coefficient (Wildman–Crippen LogP) is 2.25. The third-order valence-electron chi connectivity index (χ3n) is 3.19. The molecule has 1 heterocycles. The Morgan fingerprint density at radius 1 is 1.40 bits per heavy atom. The van der Waals surface area contributed by atoms with Crippen molar-refractivity contribution in [3.05, 3.63) is 30.0 Å². The molecule has 0 aliphatic carbocycles. The van der Waals surface area contributed by atoms with E-state index in [-0.39, 0.29) is 18.6 Å². The van der Waals surface area contributed by atoms with E-state index in [0.717, 1.165) is 5.39 Å².